The molecule has 1 heterocycles. The second-order valence-electron chi connectivity index (χ2n) is 4.44. The fourth-order valence-electron chi connectivity index (χ4n) is 1.97. The van der Waals surface area contributed by atoms with Crippen LogP contribution in [0.25, 0.3) is 10.8 Å². The first-order valence-electron chi connectivity index (χ1n) is 6.45. The smallest absolute Gasteiger partial charge is 0.144 e. The van der Waals surface area contributed by atoms with Crippen LogP contribution in [-0.2, 0) is 5.75 Å². The van der Waals surface area contributed by atoms with E-state index in [2.05, 4.69) is 57.7 Å². The maximum Gasteiger partial charge on any atom is 0.144 e. The quantitative estimate of drug-likeness (QED) is 0.734. The van der Waals surface area contributed by atoms with Gasteiger partial charge < -0.3 is 5.32 Å². The van der Waals surface area contributed by atoms with Crippen LogP contribution in [0.3, 0.4) is 0 Å². The number of thioether (sulfide) groups is 1. The average Bonchev–Trinajstić information content (AvgIpc) is 2.53. The summed E-state index contributed by atoms with van der Waals surface area (Å²) in [6, 6.07) is 14.9. The molecule has 0 aliphatic rings. The lowest BCUT2D eigenvalue weighted by Gasteiger charge is -2.04. The number of nitrogens with one attached hydrogen (secondary N) is 1. The number of hydrogen-bond donors (Lipinski definition) is 1. The van der Waals surface area contributed by atoms with E-state index in [1.165, 1.54) is 15.7 Å². The summed E-state index contributed by atoms with van der Waals surface area (Å²) in [5.41, 5.74) is 0.988. The minimum atomic E-state index is 0.796. The first-order valence-corrected chi connectivity index (χ1v) is 7.44. The largest absolute Gasteiger partial charge is 0.372 e. The molecule has 20 heavy (non-hydrogen) atoms. The third kappa shape index (κ3) is 2.91. The number of benzene rings is 2. The normalized spacial score (nSPS) is 10.7. The fraction of sp³-hybridized carbons (Fsp3) is 0.125. The van der Waals surface area contributed by atoms with E-state index in [9.17, 15) is 0 Å². The topological polar surface area (TPSA) is 37.8 Å². The minimum Gasteiger partial charge on any atom is -0.372 e. The van der Waals surface area contributed by atoms with Gasteiger partial charge in [-0.3, -0.25) is 4.98 Å². The van der Waals surface area contributed by atoms with Crippen molar-refractivity contribution < 1.29 is 0 Å². The summed E-state index contributed by atoms with van der Waals surface area (Å²) in [4.78, 5) is 9.91. The molecule has 3 nitrogen and oxygen atoms in total. The number of aromatic nitrogens is 2. The van der Waals surface area contributed by atoms with Gasteiger partial charge in [-0.15, -0.1) is 11.8 Å². The molecule has 0 fully saturated rings. The Labute approximate surface area is 122 Å². The summed E-state index contributed by atoms with van der Waals surface area (Å²) in [6.07, 6.45) is 3.58. The molecule has 0 aliphatic heterocycles. The van der Waals surface area contributed by atoms with Gasteiger partial charge in [-0.05, 0) is 22.9 Å². The van der Waals surface area contributed by atoms with E-state index in [0.29, 0.717) is 0 Å². The Hall–Kier alpha value is -2.07. The van der Waals surface area contributed by atoms with E-state index < -0.39 is 0 Å². The van der Waals surface area contributed by atoms with E-state index in [0.717, 1.165) is 17.3 Å². The zero-order chi connectivity index (χ0) is 13.8. The van der Waals surface area contributed by atoms with Crippen molar-refractivity contribution in [2.75, 3.05) is 12.4 Å². The number of nitrogens with zero attached hydrogens (tertiary/aromatic N) is 2. The highest BCUT2D eigenvalue weighted by molar-refractivity contribution is 7.98. The van der Waals surface area contributed by atoms with E-state index in [1.807, 2.05) is 13.2 Å². The van der Waals surface area contributed by atoms with Crippen molar-refractivity contribution in [2.24, 2.45) is 0 Å². The molecule has 0 bridgehead atoms. The van der Waals surface area contributed by atoms with E-state index in [-0.39, 0.29) is 0 Å². The van der Waals surface area contributed by atoms with Crippen LogP contribution in [0.4, 0.5) is 5.82 Å². The second-order valence-corrected chi connectivity index (χ2v) is 5.49. The highest BCUT2D eigenvalue weighted by Gasteiger charge is 2.00. The van der Waals surface area contributed by atoms with E-state index in [4.69, 9.17) is 0 Å². The number of rotatable bonds is 4. The maximum absolute atomic E-state index is 4.38. The third-order valence-corrected chi connectivity index (χ3v) is 4.10. The number of fused-ring (bicyclic) bond motifs is 1. The van der Waals surface area contributed by atoms with Crippen molar-refractivity contribution in [3.63, 3.8) is 0 Å². The first kappa shape index (κ1) is 12.9. The standard InChI is InChI=1S/C16H15N3S/c1-17-16-10-18-14(9-19-16)11-20-15-7-6-12-4-2-3-5-13(12)8-15/h2-10H,11H2,1H3,(H,17,19). The van der Waals surface area contributed by atoms with Crippen molar-refractivity contribution in [3.05, 3.63) is 60.6 Å². The third-order valence-electron chi connectivity index (χ3n) is 3.07. The first-order chi connectivity index (χ1) is 9.85. The number of hydrogen-bond acceptors (Lipinski definition) is 4. The van der Waals surface area contributed by atoms with E-state index in [1.54, 1.807) is 18.0 Å². The van der Waals surface area contributed by atoms with Gasteiger partial charge in [0.1, 0.15) is 5.82 Å². The molecular formula is C16H15N3S. The Bertz CT molecular complexity index is 710. The van der Waals surface area contributed by atoms with Crippen molar-refractivity contribution in [2.45, 2.75) is 10.6 Å². The van der Waals surface area contributed by atoms with Crippen molar-refractivity contribution in [1.29, 1.82) is 0 Å². The fourth-order valence-corrected chi connectivity index (χ4v) is 2.81. The lowest BCUT2D eigenvalue weighted by molar-refractivity contribution is 1.10. The van der Waals surface area contributed by atoms with Crippen LogP contribution in [0.1, 0.15) is 5.69 Å². The SMILES string of the molecule is CNc1cnc(CSc2ccc3ccccc3c2)cn1. The molecule has 2 aromatic carbocycles. The lowest BCUT2D eigenvalue weighted by Crippen LogP contribution is -1.95. The van der Waals surface area contributed by atoms with Crippen molar-refractivity contribution in [1.82, 2.24) is 9.97 Å². The van der Waals surface area contributed by atoms with Crippen molar-refractivity contribution in [3.8, 4) is 0 Å². The summed E-state index contributed by atoms with van der Waals surface area (Å²) in [5, 5.41) is 5.51. The molecule has 0 aliphatic carbocycles. The summed E-state index contributed by atoms with van der Waals surface area (Å²) in [5.74, 6) is 1.62. The van der Waals surface area contributed by atoms with Gasteiger partial charge in [-0.2, -0.15) is 0 Å². The van der Waals surface area contributed by atoms with Gasteiger partial charge in [0, 0.05) is 17.7 Å². The van der Waals surface area contributed by atoms with Crippen LogP contribution < -0.4 is 5.32 Å². The molecule has 0 atom stereocenters. The predicted molar refractivity (Wildman–Crippen MR) is 85.1 cm³/mol. The van der Waals surface area contributed by atoms with Gasteiger partial charge in [0.15, 0.2) is 0 Å². The zero-order valence-corrected chi connectivity index (χ0v) is 12.0. The molecule has 0 spiro atoms. The van der Waals surface area contributed by atoms with E-state index >= 15 is 0 Å². The van der Waals surface area contributed by atoms with Gasteiger partial charge in [0.25, 0.3) is 0 Å². The Balaban J connectivity index is 1.72. The second kappa shape index (κ2) is 5.92. The van der Waals surface area contributed by atoms with Crippen LogP contribution in [0, 0.1) is 0 Å². The summed E-state index contributed by atoms with van der Waals surface area (Å²) in [6.45, 7) is 0. The molecule has 1 N–H and O–H groups in total. The summed E-state index contributed by atoms with van der Waals surface area (Å²) < 4.78 is 0. The van der Waals surface area contributed by atoms with Gasteiger partial charge in [-0.25, -0.2) is 4.98 Å². The minimum absolute atomic E-state index is 0.796. The molecule has 3 rings (SSSR count). The molecule has 0 saturated carbocycles. The Kier molecular flexibility index (Phi) is 3.83. The highest BCUT2D eigenvalue weighted by Crippen LogP contribution is 2.25. The van der Waals surface area contributed by atoms with Gasteiger partial charge in [0.05, 0.1) is 18.1 Å². The molecule has 1 aromatic heterocycles. The van der Waals surface area contributed by atoms with Crippen LogP contribution in [0.2, 0.25) is 0 Å². The number of anilines is 1. The Morgan fingerprint density at radius 2 is 1.85 bits per heavy atom. The van der Waals surface area contributed by atoms with Gasteiger partial charge >= 0.3 is 0 Å². The van der Waals surface area contributed by atoms with Crippen molar-refractivity contribution >= 4 is 28.4 Å². The molecule has 100 valence electrons. The monoisotopic (exact) mass is 281 g/mol. The van der Waals surface area contributed by atoms with Gasteiger partial charge in [-0.1, -0.05) is 30.3 Å². The molecule has 0 saturated heterocycles. The van der Waals surface area contributed by atoms with Crippen LogP contribution in [0.15, 0.2) is 59.8 Å². The highest BCUT2D eigenvalue weighted by atomic mass is 32.2. The Morgan fingerprint density at radius 1 is 1.00 bits per heavy atom. The molecule has 3 aromatic rings. The van der Waals surface area contributed by atoms with Crippen LogP contribution in [0.5, 0.6) is 0 Å². The molecule has 0 amide bonds. The maximum atomic E-state index is 4.38. The molecule has 0 radical (unpaired) electrons. The summed E-state index contributed by atoms with van der Waals surface area (Å²) in [7, 11) is 1.84. The molecular weight excluding hydrogens is 266 g/mol. The molecule has 0 unspecified atom stereocenters. The van der Waals surface area contributed by atoms with Crippen LogP contribution in [-0.4, -0.2) is 17.0 Å². The summed E-state index contributed by atoms with van der Waals surface area (Å²) >= 11 is 1.78. The molecule has 4 heteroatoms. The average molecular weight is 281 g/mol. The predicted octanol–water partition coefficient (Wildman–Crippen LogP) is 3.96. The zero-order valence-electron chi connectivity index (χ0n) is 11.2. The van der Waals surface area contributed by atoms with Crippen LogP contribution >= 0.6 is 11.8 Å². The Morgan fingerprint density at radius 3 is 2.60 bits per heavy atom. The lowest BCUT2D eigenvalue weighted by atomic mass is 10.1. The van der Waals surface area contributed by atoms with Gasteiger partial charge in [0.2, 0.25) is 0 Å².